The minimum absolute atomic E-state index is 0.102. The van der Waals surface area contributed by atoms with Crippen LogP contribution in [0.1, 0.15) is 90.5 Å². The Kier molecular flexibility index (Phi) is 11.1. The molecule has 1 rings (SSSR count). The summed E-state index contributed by atoms with van der Waals surface area (Å²) in [7, 11) is 1.72. The SMILES string of the molecule is CCCCCCCCC(CCCCc1cc(F)c(F)c(F)c1F)C(C)(C)OC. The predicted octanol–water partition coefficient (Wildman–Crippen LogP) is 7.75. The second-order valence-electron chi connectivity index (χ2n) is 8.27. The third-order valence-corrected chi connectivity index (χ3v) is 5.84. The van der Waals surface area contributed by atoms with Crippen molar-refractivity contribution in [3.05, 3.63) is 34.9 Å². The van der Waals surface area contributed by atoms with Gasteiger partial charge in [0.05, 0.1) is 5.60 Å². The molecule has 5 heteroatoms. The minimum atomic E-state index is -1.75. The van der Waals surface area contributed by atoms with Gasteiger partial charge in [0.2, 0.25) is 0 Å². The molecule has 0 heterocycles. The van der Waals surface area contributed by atoms with E-state index in [1.54, 1.807) is 7.11 Å². The summed E-state index contributed by atoms with van der Waals surface area (Å²) in [6.07, 6.45) is 11.0. The van der Waals surface area contributed by atoms with Crippen molar-refractivity contribution in [1.82, 2.24) is 0 Å². The Balaban J connectivity index is 2.50. The fraction of sp³-hybridized carbons (Fsp3) is 0.739. The van der Waals surface area contributed by atoms with Gasteiger partial charge in [-0.1, -0.05) is 51.9 Å². The third-order valence-electron chi connectivity index (χ3n) is 5.84. The first kappa shape index (κ1) is 24.9. The molecule has 0 radical (unpaired) electrons. The topological polar surface area (TPSA) is 9.23 Å². The number of ether oxygens (including phenoxy) is 1. The highest BCUT2D eigenvalue weighted by molar-refractivity contribution is 5.21. The first-order valence-electron chi connectivity index (χ1n) is 10.6. The van der Waals surface area contributed by atoms with Crippen molar-refractivity contribution in [2.75, 3.05) is 7.11 Å². The fourth-order valence-electron chi connectivity index (χ4n) is 3.69. The fourth-order valence-corrected chi connectivity index (χ4v) is 3.69. The molecular weight excluding hydrogens is 368 g/mol. The molecule has 0 saturated carbocycles. The first-order valence-corrected chi connectivity index (χ1v) is 10.6. The van der Waals surface area contributed by atoms with E-state index >= 15 is 0 Å². The van der Waals surface area contributed by atoms with Crippen LogP contribution in [0.25, 0.3) is 0 Å². The second-order valence-corrected chi connectivity index (χ2v) is 8.27. The van der Waals surface area contributed by atoms with Crippen molar-refractivity contribution in [2.24, 2.45) is 5.92 Å². The maximum Gasteiger partial charge on any atom is 0.197 e. The van der Waals surface area contributed by atoms with Crippen LogP contribution in [-0.2, 0) is 11.2 Å². The molecule has 0 amide bonds. The van der Waals surface area contributed by atoms with Crippen LogP contribution in [0.4, 0.5) is 17.6 Å². The quantitative estimate of drug-likeness (QED) is 0.133. The summed E-state index contributed by atoms with van der Waals surface area (Å²) >= 11 is 0. The molecule has 1 aromatic carbocycles. The van der Waals surface area contributed by atoms with Gasteiger partial charge in [-0.25, -0.2) is 17.6 Å². The molecule has 0 bridgehead atoms. The van der Waals surface area contributed by atoms with Crippen LogP contribution in [0.5, 0.6) is 0 Å². The Hall–Kier alpha value is -1.10. The maximum absolute atomic E-state index is 13.8. The van der Waals surface area contributed by atoms with Crippen LogP contribution in [-0.4, -0.2) is 12.7 Å². The average Bonchev–Trinajstić information content (AvgIpc) is 2.67. The zero-order chi connectivity index (χ0) is 21.2. The Morgan fingerprint density at radius 1 is 0.821 bits per heavy atom. The average molecular weight is 405 g/mol. The highest BCUT2D eigenvalue weighted by atomic mass is 19.2. The highest BCUT2D eigenvalue weighted by Crippen LogP contribution is 2.31. The van der Waals surface area contributed by atoms with Crippen LogP contribution in [0.2, 0.25) is 0 Å². The molecule has 0 aliphatic heterocycles. The van der Waals surface area contributed by atoms with Gasteiger partial charge < -0.3 is 4.74 Å². The van der Waals surface area contributed by atoms with E-state index in [9.17, 15) is 17.6 Å². The standard InChI is InChI=1S/C23H36F4O/c1-5-6-7-8-9-10-14-18(23(2,3)28-4)15-12-11-13-17-16-19(24)21(26)22(27)20(17)25/h16,18H,5-15H2,1-4H3. The minimum Gasteiger partial charge on any atom is -0.379 e. The lowest BCUT2D eigenvalue weighted by Crippen LogP contribution is -2.33. The number of hydrogen-bond acceptors (Lipinski definition) is 1. The number of aryl methyl sites for hydroxylation is 1. The number of benzene rings is 1. The highest BCUT2D eigenvalue weighted by Gasteiger charge is 2.28. The second kappa shape index (κ2) is 12.5. The number of rotatable bonds is 14. The lowest BCUT2D eigenvalue weighted by atomic mass is 9.82. The lowest BCUT2D eigenvalue weighted by molar-refractivity contribution is -0.0352. The summed E-state index contributed by atoms with van der Waals surface area (Å²) in [5, 5.41) is 0. The molecule has 0 fully saturated rings. The van der Waals surface area contributed by atoms with Gasteiger partial charge in [0.25, 0.3) is 0 Å². The monoisotopic (exact) mass is 404 g/mol. The van der Waals surface area contributed by atoms with Gasteiger partial charge in [0, 0.05) is 7.11 Å². The Bertz CT molecular complexity index is 586. The normalized spacial score (nSPS) is 13.1. The molecule has 1 aromatic rings. The van der Waals surface area contributed by atoms with Crippen LogP contribution < -0.4 is 0 Å². The molecule has 0 N–H and O–H groups in total. The Labute approximate surface area is 167 Å². The molecule has 1 nitrogen and oxygen atoms in total. The zero-order valence-electron chi connectivity index (χ0n) is 17.9. The molecule has 0 aliphatic rings. The van der Waals surface area contributed by atoms with Crippen LogP contribution >= 0.6 is 0 Å². The molecular formula is C23H36F4O. The van der Waals surface area contributed by atoms with Crippen molar-refractivity contribution in [1.29, 1.82) is 0 Å². The van der Waals surface area contributed by atoms with Crippen molar-refractivity contribution < 1.29 is 22.3 Å². The largest absolute Gasteiger partial charge is 0.379 e. The van der Waals surface area contributed by atoms with Crippen LogP contribution in [0.3, 0.4) is 0 Å². The summed E-state index contributed by atoms with van der Waals surface area (Å²) in [6.45, 7) is 6.37. The molecule has 162 valence electrons. The molecule has 0 aliphatic carbocycles. The number of halogens is 4. The molecule has 1 unspecified atom stereocenters. The van der Waals surface area contributed by atoms with E-state index in [0.717, 1.165) is 31.7 Å². The van der Waals surface area contributed by atoms with Gasteiger partial charge in [-0.2, -0.15) is 0 Å². The number of methoxy groups -OCH3 is 1. The van der Waals surface area contributed by atoms with Gasteiger partial charge in [-0.05, 0) is 57.1 Å². The van der Waals surface area contributed by atoms with Gasteiger partial charge in [-0.3, -0.25) is 0 Å². The van der Waals surface area contributed by atoms with Gasteiger partial charge >= 0.3 is 0 Å². The predicted molar refractivity (Wildman–Crippen MR) is 106 cm³/mol. The summed E-state index contributed by atoms with van der Waals surface area (Å²) in [6, 6.07) is 0.765. The molecule has 28 heavy (non-hydrogen) atoms. The van der Waals surface area contributed by atoms with Crippen molar-refractivity contribution in [3.63, 3.8) is 0 Å². The zero-order valence-corrected chi connectivity index (χ0v) is 17.9. The summed E-state index contributed by atoms with van der Waals surface area (Å²) in [5.74, 6) is -5.72. The van der Waals surface area contributed by atoms with E-state index < -0.39 is 23.3 Å². The van der Waals surface area contributed by atoms with Gasteiger partial charge in [0.15, 0.2) is 23.3 Å². The third kappa shape index (κ3) is 7.73. The van der Waals surface area contributed by atoms with Crippen molar-refractivity contribution in [3.8, 4) is 0 Å². The molecule has 0 spiro atoms. The number of hydrogen-bond donors (Lipinski definition) is 0. The van der Waals surface area contributed by atoms with Gasteiger partial charge in [-0.15, -0.1) is 0 Å². The summed E-state index contributed by atoms with van der Waals surface area (Å²) in [5.41, 5.74) is -0.349. The van der Waals surface area contributed by atoms with E-state index in [0.29, 0.717) is 12.3 Å². The van der Waals surface area contributed by atoms with E-state index in [2.05, 4.69) is 20.8 Å². The van der Waals surface area contributed by atoms with Crippen LogP contribution in [0, 0.1) is 29.2 Å². The van der Waals surface area contributed by atoms with E-state index in [1.165, 1.54) is 32.1 Å². The van der Waals surface area contributed by atoms with Crippen molar-refractivity contribution in [2.45, 2.75) is 97.0 Å². The summed E-state index contributed by atoms with van der Waals surface area (Å²) in [4.78, 5) is 0. The molecule has 0 saturated heterocycles. The number of unbranched alkanes of at least 4 members (excludes halogenated alkanes) is 6. The van der Waals surface area contributed by atoms with E-state index in [1.807, 2.05) is 0 Å². The first-order chi connectivity index (χ1) is 13.2. The smallest absolute Gasteiger partial charge is 0.197 e. The summed E-state index contributed by atoms with van der Waals surface area (Å²) < 4.78 is 59.1. The van der Waals surface area contributed by atoms with Gasteiger partial charge in [0.1, 0.15) is 0 Å². The molecule has 1 atom stereocenters. The molecule has 0 aromatic heterocycles. The van der Waals surface area contributed by atoms with Crippen LogP contribution in [0.15, 0.2) is 6.07 Å². The van der Waals surface area contributed by atoms with E-state index in [-0.39, 0.29) is 17.6 Å². The maximum atomic E-state index is 13.8. The lowest BCUT2D eigenvalue weighted by Gasteiger charge is -2.33. The van der Waals surface area contributed by atoms with E-state index in [4.69, 9.17) is 4.74 Å². The Morgan fingerprint density at radius 2 is 1.39 bits per heavy atom. The van der Waals surface area contributed by atoms with Crippen molar-refractivity contribution >= 4 is 0 Å². The Morgan fingerprint density at radius 3 is 2.00 bits per heavy atom.